The maximum absolute atomic E-state index is 11.4. The SMILES string of the molecule is CC(C)(C)[Si](C)(C)OCCn1ccncc1=O. The summed E-state index contributed by atoms with van der Waals surface area (Å²) in [5, 5.41) is 0.205. The number of nitrogens with zero attached hydrogens (tertiary/aromatic N) is 2. The molecule has 17 heavy (non-hydrogen) atoms. The molecule has 0 unspecified atom stereocenters. The lowest BCUT2D eigenvalue weighted by molar-refractivity contribution is 0.270. The summed E-state index contributed by atoms with van der Waals surface area (Å²) in [5.74, 6) is 0. The summed E-state index contributed by atoms with van der Waals surface area (Å²) in [5.41, 5.74) is -0.0775. The van der Waals surface area contributed by atoms with Gasteiger partial charge >= 0.3 is 0 Å². The first kappa shape index (κ1) is 14.1. The van der Waals surface area contributed by atoms with Crippen LogP contribution in [0.5, 0.6) is 0 Å². The number of aromatic nitrogens is 2. The zero-order valence-corrected chi connectivity index (χ0v) is 12.4. The summed E-state index contributed by atoms with van der Waals surface area (Å²) in [4.78, 5) is 15.2. The molecule has 1 rings (SSSR count). The Bertz CT molecular complexity index is 421. The Hall–Kier alpha value is -0.943. The van der Waals surface area contributed by atoms with Crippen molar-refractivity contribution in [3.8, 4) is 0 Å². The van der Waals surface area contributed by atoms with Crippen molar-refractivity contribution in [1.29, 1.82) is 0 Å². The molecule has 0 radical (unpaired) electrons. The maximum atomic E-state index is 11.4. The van der Waals surface area contributed by atoms with Crippen molar-refractivity contribution in [1.82, 2.24) is 9.55 Å². The second-order valence-corrected chi connectivity index (χ2v) is 10.5. The first-order valence-corrected chi connectivity index (χ1v) is 8.79. The maximum Gasteiger partial charge on any atom is 0.269 e. The Balaban J connectivity index is 2.55. The molecule has 0 saturated heterocycles. The molecule has 0 aliphatic heterocycles. The second kappa shape index (κ2) is 5.14. The van der Waals surface area contributed by atoms with Gasteiger partial charge in [-0.05, 0) is 18.1 Å². The van der Waals surface area contributed by atoms with Crippen LogP contribution >= 0.6 is 0 Å². The molecule has 0 saturated carbocycles. The highest BCUT2D eigenvalue weighted by molar-refractivity contribution is 6.74. The Morgan fingerprint density at radius 1 is 1.41 bits per heavy atom. The molecule has 5 heteroatoms. The second-order valence-electron chi connectivity index (χ2n) is 5.72. The lowest BCUT2D eigenvalue weighted by Crippen LogP contribution is -2.41. The molecule has 1 heterocycles. The minimum Gasteiger partial charge on any atom is -0.415 e. The van der Waals surface area contributed by atoms with Crippen LogP contribution in [0.1, 0.15) is 20.8 Å². The van der Waals surface area contributed by atoms with Gasteiger partial charge in [0.05, 0.1) is 12.8 Å². The van der Waals surface area contributed by atoms with Crippen molar-refractivity contribution >= 4 is 8.32 Å². The summed E-state index contributed by atoms with van der Waals surface area (Å²) in [6.07, 6.45) is 4.64. The number of hydrogen-bond donors (Lipinski definition) is 0. The smallest absolute Gasteiger partial charge is 0.269 e. The van der Waals surface area contributed by atoms with Crippen molar-refractivity contribution < 1.29 is 4.43 Å². The van der Waals surface area contributed by atoms with Crippen LogP contribution in [0.4, 0.5) is 0 Å². The average Bonchev–Trinajstić information content (AvgIpc) is 2.19. The van der Waals surface area contributed by atoms with Gasteiger partial charge in [0.25, 0.3) is 5.56 Å². The van der Waals surface area contributed by atoms with Gasteiger partial charge in [-0.2, -0.15) is 0 Å². The van der Waals surface area contributed by atoms with Gasteiger partial charge in [-0.1, -0.05) is 20.8 Å². The van der Waals surface area contributed by atoms with Gasteiger partial charge in [0.15, 0.2) is 8.32 Å². The summed E-state index contributed by atoms with van der Waals surface area (Å²) < 4.78 is 7.64. The van der Waals surface area contributed by atoms with Crippen LogP contribution < -0.4 is 5.56 Å². The quantitative estimate of drug-likeness (QED) is 0.774. The van der Waals surface area contributed by atoms with Crippen molar-refractivity contribution in [2.24, 2.45) is 0 Å². The van der Waals surface area contributed by atoms with Crippen LogP contribution in [0.3, 0.4) is 0 Å². The molecule has 0 aromatic carbocycles. The Morgan fingerprint density at radius 2 is 2.06 bits per heavy atom. The Morgan fingerprint density at radius 3 is 2.59 bits per heavy atom. The van der Waals surface area contributed by atoms with Crippen LogP contribution in [-0.4, -0.2) is 24.5 Å². The molecule has 0 fully saturated rings. The van der Waals surface area contributed by atoms with Crippen LogP contribution in [-0.2, 0) is 11.0 Å². The highest BCUT2D eigenvalue weighted by atomic mass is 28.4. The van der Waals surface area contributed by atoms with E-state index in [2.05, 4.69) is 38.8 Å². The van der Waals surface area contributed by atoms with Gasteiger partial charge in [-0.15, -0.1) is 0 Å². The summed E-state index contributed by atoms with van der Waals surface area (Å²) in [7, 11) is -1.71. The van der Waals surface area contributed by atoms with E-state index in [9.17, 15) is 4.79 Å². The third-order valence-corrected chi connectivity index (χ3v) is 7.94. The molecule has 0 aliphatic carbocycles. The minimum atomic E-state index is -1.71. The monoisotopic (exact) mass is 254 g/mol. The first-order chi connectivity index (χ1) is 7.74. The standard InChI is InChI=1S/C12H22N2O2Si/c1-12(2,3)17(4,5)16-9-8-14-7-6-13-10-11(14)15/h6-7,10H,8-9H2,1-5H3. The van der Waals surface area contributed by atoms with Gasteiger partial charge in [-0.25, -0.2) is 0 Å². The van der Waals surface area contributed by atoms with E-state index in [-0.39, 0.29) is 10.6 Å². The van der Waals surface area contributed by atoms with E-state index in [4.69, 9.17) is 4.43 Å². The van der Waals surface area contributed by atoms with Crippen LogP contribution in [0.2, 0.25) is 18.1 Å². The molecule has 1 aromatic heterocycles. The molecule has 0 amide bonds. The molecule has 0 N–H and O–H groups in total. The van der Waals surface area contributed by atoms with Gasteiger partial charge in [0.1, 0.15) is 0 Å². The molecule has 0 atom stereocenters. The van der Waals surface area contributed by atoms with Gasteiger partial charge in [-0.3, -0.25) is 9.78 Å². The molecule has 0 bridgehead atoms. The van der Waals surface area contributed by atoms with Crippen molar-refractivity contribution in [3.63, 3.8) is 0 Å². The highest BCUT2D eigenvalue weighted by Gasteiger charge is 2.36. The van der Waals surface area contributed by atoms with Crippen LogP contribution in [0.15, 0.2) is 23.4 Å². The molecule has 4 nitrogen and oxygen atoms in total. The van der Waals surface area contributed by atoms with E-state index in [0.717, 1.165) is 0 Å². The third-order valence-electron chi connectivity index (χ3n) is 3.40. The predicted molar refractivity (Wildman–Crippen MR) is 71.6 cm³/mol. The molecule has 96 valence electrons. The van der Waals surface area contributed by atoms with Gasteiger partial charge < -0.3 is 8.99 Å². The van der Waals surface area contributed by atoms with Gasteiger partial charge in [0, 0.05) is 18.9 Å². The van der Waals surface area contributed by atoms with Crippen LogP contribution in [0.25, 0.3) is 0 Å². The van der Waals surface area contributed by atoms with Crippen LogP contribution in [0, 0.1) is 0 Å². The fourth-order valence-electron chi connectivity index (χ4n) is 1.17. The zero-order chi connectivity index (χ0) is 13.1. The van der Waals surface area contributed by atoms with Crippen molar-refractivity contribution in [3.05, 3.63) is 28.9 Å². The lowest BCUT2D eigenvalue weighted by atomic mass is 10.2. The van der Waals surface area contributed by atoms with E-state index in [0.29, 0.717) is 13.2 Å². The highest BCUT2D eigenvalue weighted by Crippen LogP contribution is 2.36. The fourth-order valence-corrected chi connectivity index (χ4v) is 2.21. The summed E-state index contributed by atoms with van der Waals surface area (Å²) in [6, 6.07) is 0. The molecule has 0 aliphatic rings. The van der Waals surface area contributed by atoms with E-state index >= 15 is 0 Å². The minimum absolute atomic E-state index is 0.0775. The average molecular weight is 254 g/mol. The van der Waals surface area contributed by atoms with E-state index in [1.54, 1.807) is 17.0 Å². The number of hydrogen-bond acceptors (Lipinski definition) is 3. The predicted octanol–water partition coefficient (Wildman–Crippen LogP) is 2.27. The van der Waals surface area contributed by atoms with E-state index in [1.165, 1.54) is 6.20 Å². The van der Waals surface area contributed by atoms with Gasteiger partial charge in [0.2, 0.25) is 0 Å². The van der Waals surface area contributed by atoms with E-state index in [1.807, 2.05) is 0 Å². The Labute approximate surface area is 104 Å². The van der Waals surface area contributed by atoms with Crippen molar-refractivity contribution in [2.75, 3.05) is 6.61 Å². The topological polar surface area (TPSA) is 44.1 Å². The number of rotatable bonds is 4. The third kappa shape index (κ3) is 3.78. The fraction of sp³-hybridized carbons (Fsp3) is 0.667. The molecule has 0 spiro atoms. The zero-order valence-electron chi connectivity index (χ0n) is 11.4. The lowest BCUT2D eigenvalue weighted by Gasteiger charge is -2.36. The summed E-state index contributed by atoms with van der Waals surface area (Å²) in [6.45, 7) is 12.2. The normalized spacial score (nSPS) is 12.8. The van der Waals surface area contributed by atoms with Crippen molar-refractivity contribution in [2.45, 2.75) is 45.4 Å². The van der Waals surface area contributed by atoms with E-state index < -0.39 is 8.32 Å². The molecular weight excluding hydrogens is 232 g/mol. The molecular formula is C12H22N2O2Si. The summed E-state index contributed by atoms with van der Waals surface area (Å²) >= 11 is 0. The largest absolute Gasteiger partial charge is 0.415 e. The Kier molecular flexibility index (Phi) is 4.27. The first-order valence-electron chi connectivity index (χ1n) is 5.88. The molecule has 1 aromatic rings.